The van der Waals surface area contributed by atoms with E-state index in [1.54, 1.807) is 25.1 Å². The zero-order chi connectivity index (χ0) is 14.7. The van der Waals surface area contributed by atoms with Gasteiger partial charge in [0.25, 0.3) is 5.69 Å². The van der Waals surface area contributed by atoms with E-state index in [-0.39, 0.29) is 17.5 Å². The van der Waals surface area contributed by atoms with Gasteiger partial charge in [0.1, 0.15) is 5.69 Å². The lowest BCUT2D eigenvalue weighted by atomic mass is 9.96. The molecule has 1 aromatic rings. The van der Waals surface area contributed by atoms with E-state index in [0.29, 0.717) is 24.2 Å². The Balaban J connectivity index is 2.10. The van der Waals surface area contributed by atoms with Crippen LogP contribution >= 0.6 is 0 Å². The highest BCUT2D eigenvalue weighted by molar-refractivity contribution is 5.71. The first-order valence-electron chi connectivity index (χ1n) is 6.71. The average Bonchev–Trinajstić information content (AvgIpc) is 2.84. The molecule has 1 saturated carbocycles. The highest BCUT2D eigenvalue weighted by Crippen LogP contribution is 2.33. The Labute approximate surface area is 117 Å². The van der Waals surface area contributed by atoms with Crippen molar-refractivity contribution >= 4 is 17.3 Å². The molecule has 6 nitrogen and oxygen atoms in total. The molecule has 1 aromatic carbocycles. The molecule has 1 aliphatic carbocycles. The van der Waals surface area contributed by atoms with E-state index < -0.39 is 10.9 Å². The second kappa shape index (κ2) is 5.90. The highest BCUT2D eigenvalue weighted by atomic mass is 16.6. The topological polar surface area (TPSA) is 92.5 Å². The number of carboxylic acids is 1. The SMILES string of the molecule is Cc1cccc(NCC2CCCC2C(=O)O)c1[N+](=O)[O-]. The molecule has 0 saturated heterocycles. The number of nitro groups is 1. The van der Waals surface area contributed by atoms with Gasteiger partial charge in [0.2, 0.25) is 0 Å². The van der Waals surface area contributed by atoms with Crippen LogP contribution in [0.4, 0.5) is 11.4 Å². The minimum atomic E-state index is -0.770. The summed E-state index contributed by atoms with van der Waals surface area (Å²) in [6, 6.07) is 5.11. The van der Waals surface area contributed by atoms with Crippen LogP contribution in [0.25, 0.3) is 0 Å². The summed E-state index contributed by atoms with van der Waals surface area (Å²) in [6.07, 6.45) is 2.44. The van der Waals surface area contributed by atoms with Crippen LogP contribution in [0.5, 0.6) is 0 Å². The number of carboxylic acid groups (broad SMARTS) is 1. The van der Waals surface area contributed by atoms with Crippen molar-refractivity contribution in [3.63, 3.8) is 0 Å². The van der Waals surface area contributed by atoms with Crippen molar-refractivity contribution in [1.82, 2.24) is 0 Å². The van der Waals surface area contributed by atoms with Crippen LogP contribution in [0.2, 0.25) is 0 Å². The number of aliphatic carboxylic acids is 1. The van der Waals surface area contributed by atoms with Gasteiger partial charge in [-0.25, -0.2) is 0 Å². The molecule has 108 valence electrons. The van der Waals surface area contributed by atoms with E-state index in [1.165, 1.54) is 0 Å². The summed E-state index contributed by atoms with van der Waals surface area (Å²) in [7, 11) is 0. The maximum Gasteiger partial charge on any atom is 0.306 e. The van der Waals surface area contributed by atoms with Gasteiger partial charge in [0.15, 0.2) is 0 Å². The summed E-state index contributed by atoms with van der Waals surface area (Å²) >= 11 is 0. The summed E-state index contributed by atoms with van der Waals surface area (Å²) in [6.45, 7) is 2.15. The molecule has 1 aliphatic rings. The number of aryl methyl sites for hydroxylation is 1. The lowest BCUT2D eigenvalue weighted by Gasteiger charge is -2.17. The molecule has 2 N–H and O–H groups in total. The van der Waals surface area contributed by atoms with Crippen molar-refractivity contribution in [3.05, 3.63) is 33.9 Å². The third-order valence-electron chi connectivity index (χ3n) is 3.95. The smallest absolute Gasteiger partial charge is 0.306 e. The molecule has 1 fully saturated rings. The van der Waals surface area contributed by atoms with Crippen LogP contribution in [0.3, 0.4) is 0 Å². The van der Waals surface area contributed by atoms with E-state index in [9.17, 15) is 14.9 Å². The molecule has 0 bridgehead atoms. The van der Waals surface area contributed by atoms with Gasteiger partial charge < -0.3 is 10.4 Å². The normalized spacial score (nSPS) is 21.6. The van der Waals surface area contributed by atoms with Gasteiger partial charge in [-0.15, -0.1) is 0 Å². The average molecular weight is 278 g/mol. The number of carbonyl (C=O) groups is 1. The summed E-state index contributed by atoms with van der Waals surface area (Å²) in [5.41, 5.74) is 1.13. The lowest BCUT2D eigenvalue weighted by molar-refractivity contribution is -0.384. The maximum atomic E-state index is 11.1. The van der Waals surface area contributed by atoms with Crippen LogP contribution < -0.4 is 5.32 Å². The molecular formula is C14H18N2O4. The van der Waals surface area contributed by atoms with Gasteiger partial charge in [-0.2, -0.15) is 0 Å². The Bertz CT molecular complexity index is 530. The van der Waals surface area contributed by atoms with Gasteiger partial charge in [-0.1, -0.05) is 18.6 Å². The summed E-state index contributed by atoms with van der Waals surface area (Å²) < 4.78 is 0. The number of nitro benzene ring substituents is 1. The van der Waals surface area contributed by atoms with Crippen molar-refractivity contribution < 1.29 is 14.8 Å². The van der Waals surface area contributed by atoms with Gasteiger partial charge in [0.05, 0.1) is 10.8 Å². The quantitative estimate of drug-likeness (QED) is 0.638. The standard InChI is InChI=1S/C14H18N2O4/c1-9-4-2-7-12(13(9)16(19)20)15-8-10-5-3-6-11(10)14(17)18/h2,4,7,10-11,15H,3,5-6,8H2,1H3,(H,17,18). The number of hydrogen-bond acceptors (Lipinski definition) is 4. The second-order valence-electron chi connectivity index (χ2n) is 5.24. The fourth-order valence-electron chi connectivity index (χ4n) is 2.89. The fourth-order valence-corrected chi connectivity index (χ4v) is 2.89. The Morgan fingerprint density at radius 3 is 2.90 bits per heavy atom. The summed E-state index contributed by atoms with van der Waals surface area (Å²) in [5, 5.41) is 23.3. The van der Waals surface area contributed by atoms with E-state index in [2.05, 4.69) is 5.32 Å². The van der Waals surface area contributed by atoms with Crippen molar-refractivity contribution in [3.8, 4) is 0 Å². The van der Waals surface area contributed by atoms with E-state index in [0.717, 1.165) is 12.8 Å². The van der Waals surface area contributed by atoms with E-state index in [4.69, 9.17) is 5.11 Å². The van der Waals surface area contributed by atoms with Crippen LogP contribution in [0.15, 0.2) is 18.2 Å². The molecular weight excluding hydrogens is 260 g/mol. The summed E-state index contributed by atoms with van der Waals surface area (Å²) in [5.74, 6) is -1.08. The predicted molar refractivity (Wildman–Crippen MR) is 74.8 cm³/mol. The number of benzene rings is 1. The minimum Gasteiger partial charge on any atom is -0.481 e. The zero-order valence-corrected chi connectivity index (χ0v) is 11.3. The second-order valence-corrected chi connectivity index (χ2v) is 5.24. The van der Waals surface area contributed by atoms with E-state index in [1.807, 2.05) is 0 Å². The number of nitrogens with one attached hydrogen (secondary N) is 1. The number of rotatable bonds is 5. The van der Waals surface area contributed by atoms with Crippen molar-refractivity contribution in [1.29, 1.82) is 0 Å². The maximum absolute atomic E-state index is 11.1. The third-order valence-corrected chi connectivity index (χ3v) is 3.95. The molecule has 0 heterocycles. The minimum absolute atomic E-state index is 0.0348. The van der Waals surface area contributed by atoms with Gasteiger partial charge in [0, 0.05) is 12.1 Å². The first kappa shape index (κ1) is 14.3. The van der Waals surface area contributed by atoms with Crippen molar-refractivity contribution in [2.24, 2.45) is 11.8 Å². The van der Waals surface area contributed by atoms with E-state index >= 15 is 0 Å². The molecule has 20 heavy (non-hydrogen) atoms. The molecule has 0 amide bonds. The van der Waals surface area contributed by atoms with Crippen LogP contribution in [0.1, 0.15) is 24.8 Å². The highest BCUT2D eigenvalue weighted by Gasteiger charge is 2.32. The number of anilines is 1. The van der Waals surface area contributed by atoms with Crippen molar-refractivity contribution in [2.75, 3.05) is 11.9 Å². The Morgan fingerprint density at radius 1 is 1.50 bits per heavy atom. The first-order valence-corrected chi connectivity index (χ1v) is 6.71. The number of nitrogens with zero attached hydrogens (tertiary/aromatic N) is 1. The zero-order valence-electron chi connectivity index (χ0n) is 11.3. The molecule has 2 unspecified atom stereocenters. The van der Waals surface area contributed by atoms with Crippen LogP contribution in [0, 0.1) is 28.9 Å². The lowest BCUT2D eigenvalue weighted by Crippen LogP contribution is -2.24. The molecule has 0 spiro atoms. The number of hydrogen-bond donors (Lipinski definition) is 2. The largest absolute Gasteiger partial charge is 0.481 e. The first-order chi connectivity index (χ1) is 9.50. The molecule has 0 radical (unpaired) electrons. The summed E-state index contributed by atoms with van der Waals surface area (Å²) in [4.78, 5) is 21.8. The molecule has 0 aliphatic heterocycles. The van der Waals surface area contributed by atoms with Crippen molar-refractivity contribution in [2.45, 2.75) is 26.2 Å². The van der Waals surface area contributed by atoms with Gasteiger partial charge in [-0.3, -0.25) is 14.9 Å². The Morgan fingerprint density at radius 2 is 2.25 bits per heavy atom. The van der Waals surface area contributed by atoms with Crippen LogP contribution in [-0.4, -0.2) is 22.5 Å². The van der Waals surface area contributed by atoms with Crippen LogP contribution in [-0.2, 0) is 4.79 Å². The Kier molecular flexibility index (Phi) is 4.22. The fraction of sp³-hybridized carbons (Fsp3) is 0.500. The molecule has 0 aromatic heterocycles. The van der Waals surface area contributed by atoms with Gasteiger partial charge in [-0.05, 0) is 31.7 Å². The molecule has 2 rings (SSSR count). The Hall–Kier alpha value is -2.11. The molecule has 6 heteroatoms. The monoisotopic (exact) mass is 278 g/mol. The predicted octanol–water partition coefficient (Wildman–Crippen LogP) is 2.82. The van der Waals surface area contributed by atoms with Gasteiger partial charge >= 0.3 is 5.97 Å². The third kappa shape index (κ3) is 2.89. The molecule has 2 atom stereocenters. The number of para-hydroxylation sites is 1.